The standard InChI is InChI=1S/C13H28N4/c1-3-5-8-14-12-16-10-7-11-17-13-15-9-6-4-2/h14-17H,3-11H2,1-2H3. The van der Waals surface area contributed by atoms with Gasteiger partial charge in [0.25, 0.3) is 0 Å². The van der Waals surface area contributed by atoms with Crippen LogP contribution in [0.4, 0.5) is 0 Å². The second-order valence-electron chi connectivity index (χ2n) is 4.02. The summed E-state index contributed by atoms with van der Waals surface area (Å²) in [7, 11) is 0. The fraction of sp³-hybridized carbons (Fsp3) is 0.846. The van der Waals surface area contributed by atoms with E-state index in [2.05, 4.69) is 48.5 Å². The predicted molar refractivity (Wildman–Crippen MR) is 72.9 cm³/mol. The topological polar surface area (TPSA) is 48.1 Å². The van der Waals surface area contributed by atoms with Gasteiger partial charge in [0.1, 0.15) is 13.3 Å². The second-order valence-corrected chi connectivity index (χ2v) is 4.02. The number of nitrogens with one attached hydrogen (secondary N) is 4. The van der Waals surface area contributed by atoms with Gasteiger partial charge in [0.15, 0.2) is 0 Å². The molecule has 100 valence electrons. The Morgan fingerprint density at radius 1 is 0.588 bits per heavy atom. The van der Waals surface area contributed by atoms with E-state index in [1.165, 1.54) is 25.7 Å². The first-order chi connectivity index (χ1) is 8.41. The van der Waals surface area contributed by atoms with Gasteiger partial charge in [-0.15, -0.1) is 0 Å². The van der Waals surface area contributed by atoms with E-state index in [1.807, 2.05) is 0 Å². The van der Waals surface area contributed by atoms with Crippen molar-refractivity contribution in [2.75, 3.05) is 26.2 Å². The van der Waals surface area contributed by atoms with E-state index < -0.39 is 0 Å². The average molecular weight is 240 g/mol. The maximum Gasteiger partial charge on any atom is 0.140 e. The summed E-state index contributed by atoms with van der Waals surface area (Å²) in [5, 5.41) is 12.4. The molecule has 0 saturated heterocycles. The Morgan fingerprint density at radius 2 is 0.941 bits per heavy atom. The van der Waals surface area contributed by atoms with E-state index in [0.29, 0.717) is 0 Å². The molecule has 0 fully saturated rings. The number of hydrogen-bond donors (Lipinski definition) is 4. The van der Waals surface area contributed by atoms with Crippen LogP contribution in [0.15, 0.2) is 0 Å². The maximum absolute atomic E-state index is 3.11. The number of rotatable bonds is 14. The van der Waals surface area contributed by atoms with Gasteiger partial charge in [-0.1, -0.05) is 26.7 Å². The van der Waals surface area contributed by atoms with Gasteiger partial charge in [-0.3, -0.25) is 21.3 Å². The third kappa shape index (κ3) is 15.8. The SMILES string of the molecule is CCCCN[C]NCCCN[C]NCCCC. The summed E-state index contributed by atoms with van der Waals surface area (Å²) in [6, 6.07) is 0. The highest BCUT2D eigenvalue weighted by molar-refractivity contribution is 4.62. The van der Waals surface area contributed by atoms with Crippen molar-refractivity contribution in [1.29, 1.82) is 0 Å². The molecule has 4 heteroatoms. The van der Waals surface area contributed by atoms with Crippen molar-refractivity contribution in [2.45, 2.75) is 46.0 Å². The Labute approximate surface area is 107 Å². The van der Waals surface area contributed by atoms with Gasteiger partial charge in [-0.2, -0.15) is 0 Å². The molecule has 4 radical (unpaired) electrons. The van der Waals surface area contributed by atoms with Crippen LogP contribution in [0.25, 0.3) is 0 Å². The first-order valence-electron chi connectivity index (χ1n) is 6.83. The summed E-state index contributed by atoms with van der Waals surface area (Å²) in [4.78, 5) is 0. The lowest BCUT2D eigenvalue weighted by atomic mass is 10.3. The molecule has 0 spiro atoms. The minimum atomic E-state index is 0.933. The third-order valence-corrected chi connectivity index (χ3v) is 2.27. The summed E-state index contributed by atoms with van der Waals surface area (Å²) in [6.07, 6.45) is 5.89. The van der Waals surface area contributed by atoms with Gasteiger partial charge in [-0.05, 0) is 45.4 Å². The van der Waals surface area contributed by atoms with Crippen LogP contribution >= 0.6 is 0 Å². The van der Waals surface area contributed by atoms with Gasteiger partial charge in [0, 0.05) is 0 Å². The first kappa shape index (κ1) is 16.8. The molecule has 0 bridgehead atoms. The van der Waals surface area contributed by atoms with Crippen LogP contribution in [-0.2, 0) is 0 Å². The molecule has 0 unspecified atom stereocenters. The molecule has 0 rings (SSSR count). The molecular weight excluding hydrogens is 212 g/mol. The molecule has 0 aliphatic carbocycles. The third-order valence-electron chi connectivity index (χ3n) is 2.27. The zero-order chi connectivity index (χ0) is 12.6. The summed E-state index contributed by atoms with van der Waals surface area (Å²) in [6.45, 7) is 14.2. The van der Waals surface area contributed by atoms with Crippen molar-refractivity contribution in [3.05, 3.63) is 13.3 Å². The van der Waals surface area contributed by atoms with E-state index in [9.17, 15) is 0 Å². The fourth-order valence-electron chi connectivity index (χ4n) is 1.17. The van der Waals surface area contributed by atoms with E-state index in [-0.39, 0.29) is 0 Å². The van der Waals surface area contributed by atoms with Crippen molar-refractivity contribution in [3.8, 4) is 0 Å². The molecule has 0 aliphatic rings. The minimum absolute atomic E-state index is 0.933. The lowest BCUT2D eigenvalue weighted by Gasteiger charge is -2.06. The number of hydrogen-bond acceptors (Lipinski definition) is 4. The molecule has 0 amide bonds. The molecule has 0 atom stereocenters. The van der Waals surface area contributed by atoms with E-state index in [1.54, 1.807) is 0 Å². The van der Waals surface area contributed by atoms with Gasteiger partial charge in [0.05, 0.1) is 0 Å². The second kappa shape index (κ2) is 15.8. The van der Waals surface area contributed by atoms with E-state index >= 15 is 0 Å². The maximum atomic E-state index is 3.11. The van der Waals surface area contributed by atoms with Crippen LogP contribution in [-0.4, -0.2) is 26.2 Å². The molecule has 0 aliphatic heterocycles. The zero-order valence-electron chi connectivity index (χ0n) is 11.4. The molecule has 0 aromatic carbocycles. The van der Waals surface area contributed by atoms with Gasteiger partial charge in [-0.25, -0.2) is 0 Å². The molecule has 0 heterocycles. The molecule has 0 saturated carbocycles. The summed E-state index contributed by atoms with van der Waals surface area (Å²) in [5.41, 5.74) is 0. The molecule has 0 aromatic heterocycles. The van der Waals surface area contributed by atoms with Crippen LogP contribution in [0.5, 0.6) is 0 Å². The largest absolute Gasteiger partial charge is 0.294 e. The number of unbranched alkanes of at least 4 members (excludes halogenated alkanes) is 2. The van der Waals surface area contributed by atoms with Crippen LogP contribution in [0, 0.1) is 13.3 Å². The first-order valence-corrected chi connectivity index (χ1v) is 6.83. The van der Waals surface area contributed by atoms with Crippen molar-refractivity contribution in [3.63, 3.8) is 0 Å². The predicted octanol–water partition coefficient (Wildman–Crippen LogP) is 1.33. The molecule has 17 heavy (non-hydrogen) atoms. The van der Waals surface area contributed by atoms with E-state index in [4.69, 9.17) is 0 Å². The van der Waals surface area contributed by atoms with Crippen molar-refractivity contribution < 1.29 is 0 Å². The summed E-state index contributed by atoms with van der Waals surface area (Å²) in [5.74, 6) is 0. The van der Waals surface area contributed by atoms with Crippen molar-refractivity contribution in [1.82, 2.24) is 21.3 Å². The summed E-state index contributed by atoms with van der Waals surface area (Å²) < 4.78 is 0. The zero-order valence-corrected chi connectivity index (χ0v) is 11.4. The van der Waals surface area contributed by atoms with Crippen molar-refractivity contribution in [2.24, 2.45) is 0 Å². The normalized spacial score (nSPS) is 10.9. The molecular formula is C13H28N4. The average Bonchev–Trinajstić information content (AvgIpc) is 2.35. The highest BCUT2D eigenvalue weighted by atomic mass is 15.1. The van der Waals surface area contributed by atoms with Gasteiger partial charge >= 0.3 is 0 Å². The fourth-order valence-corrected chi connectivity index (χ4v) is 1.17. The van der Waals surface area contributed by atoms with Gasteiger partial charge < -0.3 is 0 Å². The monoisotopic (exact) mass is 240 g/mol. The van der Waals surface area contributed by atoms with E-state index in [0.717, 1.165) is 32.6 Å². The van der Waals surface area contributed by atoms with Gasteiger partial charge in [0.2, 0.25) is 0 Å². The molecule has 4 N–H and O–H groups in total. The lowest BCUT2D eigenvalue weighted by molar-refractivity contribution is 0.590. The van der Waals surface area contributed by atoms with Crippen LogP contribution in [0.2, 0.25) is 0 Å². The smallest absolute Gasteiger partial charge is 0.140 e. The van der Waals surface area contributed by atoms with Crippen LogP contribution in [0.3, 0.4) is 0 Å². The highest BCUT2D eigenvalue weighted by Crippen LogP contribution is 1.83. The minimum Gasteiger partial charge on any atom is -0.294 e. The van der Waals surface area contributed by atoms with Crippen LogP contribution < -0.4 is 21.3 Å². The lowest BCUT2D eigenvalue weighted by Crippen LogP contribution is -2.28. The Bertz CT molecular complexity index is 117. The molecule has 4 nitrogen and oxygen atoms in total. The van der Waals surface area contributed by atoms with Crippen LogP contribution in [0.1, 0.15) is 46.0 Å². The highest BCUT2D eigenvalue weighted by Gasteiger charge is 1.91. The Balaban J connectivity index is 2.85. The summed E-state index contributed by atoms with van der Waals surface area (Å²) >= 11 is 0. The molecule has 0 aromatic rings. The van der Waals surface area contributed by atoms with Crippen molar-refractivity contribution >= 4 is 0 Å². The Morgan fingerprint density at radius 3 is 1.29 bits per heavy atom. The Hall–Kier alpha value is -0.160. The quantitative estimate of drug-likeness (QED) is 0.273. The Kier molecular flexibility index (Phi) is 15.7.